The highest BCUT2D eigenvalue weighted by Crippen LogP contribution is 2.45. The van der Waals surface area contributed by atoms with Gasteiger partial charge in [-0.3, -0.25) is 0 Å². The molecule has 0 saturated carbocycles. The quantitative estimate of drug-likeness (QED) is 0.178. The normalized spacial score (nSPS) is 11.4. The summed E-state index contributed by atoms with van der Waals surface area (Å²) in [7, 11) is 0. The van der Waals surface area contributed by atoms with E-state index in [0.29, 0.717) is 0 Å². The molecule has 1 aromatic heterocycles. The van der Waals surface area contributed by atoms with Crippen molar-refractivity contribution in [2.24, 2.45) is 0 Å². The number of para-hydroxylation sites is 3. The van der Waals surface area contributed by atoms with Gasteiger partial charge in [-0.05, 0) is 88.5 Å². The Hall–Kier alpha value is -6.38. The van der Waals surface area contributed by atoms with Crippen LogP contribution in [0.15, 0.2) is 188 Å². The lowest BCUT2D eigenvalue weighted by molar-refractivity contribution is 1.18. The van der Waals surface area contributed by atoms with Gasteiger partial charge in [0.1, 0.15) is 0 Å². The fourth-order valence-electron chi connectivity index (χ4n) is 7.34. The molecule has 0 bridgehead atoms. The molecule has 0 aliphatic carbocycles. The summed E-state index contributed by atoms with van der Waals surface area (Å²) >= 11 is 0. The third kappa shape index (κ3) is 5.06. The van der Waals surface area contributed by atoms with Gasteiger partial charge in [0.2, 0.25) is 0 Å². The third-order valence-corrected chi connectivity index (χ3v) is 9.68. The molecular weight excluding hydrogens is 593 g/mol. The minimum absolute atomic E-state index is 1.11. The van der Waals surface area contributed by atoms with Gasteiger partial charge in [-0.1, -0.05) is 140 Å². The van der Waals surface area contributed by atoms with E-state index in [1.165, 1.54) is 66.1 Å². The van der Waals surface area contributed by atoms with Gasteiger partial charge in [0.05, 0.1) is 16.7 Å². The number of anilines is 3. The second-order valence-electron chi connectivity index (χ2n) is 12.7. The van der Waals surface area contributed by atoms with Crippen LogP contribution in [0.5, 0.6) is 0 Å². The average molecular weight is 627 g/mol. The van der Waals surface area contributed by atoms with E-state index in [1.807, 2.05) is 0 Å². The van der Waals surface area contributed by atoms with Crippen molar-refractivity contribution in [3.63, 3.8) is 0 Å². The molecule has 8 aromatic carbocycles. The monoisotopic (exact) mass is 626 g/mol. The number of aryl methyl sites for hydroxylation is 1. The van der Waals surface area contributed by atoms with E-state index in [2.05, 4.69) is 204 Å². The Morgan fingerprint density at radius 1 is 0.408 bits per heavy atom. The molecule has 2 heteroatoms. The molecule has 0 unspecified atom stereocenters. The second-order valence-corrected chi connectivity index (χ2v) is 12.7. The molecule has 232 valence electrons. The predicted octanol–water partition coefficient (Wildman–Crippen LogP) is 13.0. The van der Waals surface area contributed by atoms with Crippen LogP contribution < -0.4 is 4.90 Å². The predicted molar refractivity (Wildman–Crippen MR) is 209 cm³/mol. The van der Waals surface area contributed by atoms with Gasteiger partial charge < -0.3 is 9.47 Å². The van der Waals surface area contributed by atoms with Crippen molar-refractivity contribution in [1.29, 1.82) is 0 Å². The maximum absolute atomic E-state index is 2.45. The van der Waals surface area contributed by atoms with Crippen molar-refractivity contribution < 1.29 is 0 Å². The summed E-state index contributed by atoms with van der Waals surface area (Å²) in [5, 5.41) is 4.97. The minimum Gasteiger partial charge on any atom is -0.310 e. The van der Waals surface area contributed by atoms with Gasteiger partial charge in [0.25, 0.3) is 0 Å². The van der Waals surface area contributed by atoms with Crippen LogP contribution in [-0.4, -0.2) is 4.57 Å². The molecule has 0 saturated heterocycles. The van der Waals surface area contributed by atoms with E-state index in [0.717, 1.165) is 17.1 Å². The summed E-state index contributed by atoms with van der Waals surface area (Å²) in [6, 6.07) is 68.0. The van der Waals surface area contributed by atoms with Crippen LogP contribution in [0.3, 0.4) is 0 Å². The number of hydrogen-bond acceptors (Lipinski definition) is 1. The maximum atomic E-state index is 2.45. The van der Waals surface area contributed by atoms with E-state index in [4.69, 9.17) is 0 Å². The van der Waals surface area contributed by atoms with Crippen molar-refractivity contribution in [1.82, 2.24) is 4.57 Å². The minimum atomic E-state index is 1.11. The van der Waals surface area contributed by atoms with Crippen LogP contribution >= 0.6 is 0 Å². The number of aromatic nitrogens is 1. The zero-order chi connectivity index (χ0) is 32.7. The standard InChI is InChI=1S/C47H34N2/c1-33-13-12-21-42(38-24-23-35-16-8-9-17-37(35)31-38)47(33)48(40-27-25-36(26-28-40)34-14-4-2-5-15-34)41-29-30-44-43-20-10-11-22-45(43)49(46(44)32-41)39-18-6-3-7-19-39/h2-32H,1H3. The molecule has 0 spiro atoms. The first kappa shape index (κ1) is 28.8. The molecule has 9 aromatic rings. The summed E-state index contributed by atoms with van der Waals surface area (Å²) in [4.78, 5) is 2.45. The highest BCUT2D eigenvalue weighted by Gasteiger charge is 2.22. The number of benzene rings is 8. The van der Waals surface area contributed by atoms with E-state index < -0.39 is 0 Å². The van der Waals surface area contributed by atoms with Crippen LogP contribution in [0.25, 0.3) is 60.5 Å². The van der Waals surface area contributed by atoms with Gasteiger partial charge in [-0.15, -0.1) is 0 Å². The summed E-state index contributed by atoms with van der Waals surface area (Å²) < 4.78 is 2.40. The van der Waals surface area contributed by atoms with Gasteiger partial charge in [0.15, 0.2) is 0 Å². The average Bonchev–Trinajstić information content (AvgIpc) is 3.50. The molecule has 49 heavy (non-hydrogen) atoms. The summed E-state index contributed by atoms with van der Waals surface area (Å²) in [5.74, 6) is 0. The maximum Gasteiger partial charge on any atom is 0.0569 e. The van der Waals surface area contributed by atoms with E-state index in [9.17, 15) is 0 Å². The van der Waals surface area contributed by atoms with E-state index >= 15 is 0 Å². The Bertz CT molecular complexity index is 2600. The molecular formula is C47H34N2. The second kappa shape index (κ2) is 12.0. The fraction of sp³-hybridized carbons (Fsp3) is 0.0213. The largest absolute Gasteiger partial charge is 0.310 e. The molecule has 0 aliphatic rings. The van der Waals surface area contributed by atoms with Crippen LogP contribution in [0.4, 0.5) is 17.1 Å². The van der Waals surface area contributed by atoms with Crippen molar-refractivity contribution in [3.05, 3.63) is 194 Å². The lowest BCUT2D eigenvalue weighted by Gasteiger charge is -2.30. The molecule has 1 heterocycles. The summed E-state index contributed by atoms with van der Waals surface area (Å²) in [6.45, 7) is 2.23. The van der Waals surface area contributed by atoms with Crippen LogP contribution in [-0.2, 0) is 0 Å². The van der Waals surface area contributed by atoms with Crippen molar-refractivity contribution >= 4 is 49.6 Å². The highest BCUT2D eigenvalue weighted by molar-refractivity contribution is 6.10. The van der Waals surface area contributed by atoms with Crippen molar-refractivity contribution in [2.75, 3.05) is 4.90 Å². The van der Waals surface area contributed by atoms with Crippen LogP contribution in [0.2, 0.25) is 0 Å². The van der Waals surface area contributed by atoms with Crippen LogP contribution in [0.1, 0.15) is 5.56 Å². The lowest BCUT2D eigenvalue weighted by atomic mass is 9.96. The first-order chi connectivity index (χ1) is 24.2. The van der Waals surface area contributed by atoms with Crippen LogP contribution in [0, 0.1) is 6.92 Å². The Kier molecular flexibility index (Phi) is 7.06. The van der Waals surface area contributed by atoms with Crippen molar-refractivity contribution in [3.8, 4) is 27.9 Å². The van der Waals surface area contributed by atoms with Gasteiger partial charge >= 0.3 is 0 Å². The third-order valence-electron chi connectivity index (χ3n) is 9.68. The topological polar surface area (TPSA) is 8.17 Å². The van der Waals surface area contributed by atoms with Gasteiger partial charge in [-0.2, -0.15) is 0 Å². The molecule has 0 fully saturated rings. The zero-order valence-corrected chi connectivity index (χ0v) is 27.3. The Morgan fingerprint density at radius 3 is 1.86 bits per heavy atom. The Morgan fingerprint density at radius 2 is 1.04 bits per heavy atom. The molecule has 0 radical (unpaired) electrons. The van der Waals surface area contributed by atoms with Crippen molar-refractivity contribution in [2.45, 2.75) is 6.92 Å². The van der Waals surface area contributed by atoms with Gasteiger partial charge in [0, 0.05) is 33.4 Å². The summed E-state index contributed by atoms with van der Waals surface area (Å²) in [5.41, 5.74) is 12.9. The first-order valence-electron chi connectivity index (χ1n) is 16.9. The fourth-order valence-corrected chi connectivity index (χ4v) is 7.34. The Labute approximate surface area is 286 Å². The molecule has 9 rings (SSSR count). The smallest absolute Gasteiger partial charge is 0.0569 e. The number of hydrogen-bond donors (Lipinski definition) is 0. The first-order valence-corrected chi connectivity index (χ1v) is 16.9. The number of nitrogens with zero attached hydrogens (tertiary/aromatic N) is 2. The van der Waals surface area contributed by atoms with Gasteiger partial charge in [-0.25, -0.2) is 0 Å². The molecule has 0 N–H and O–H groups in total. The zero-order valence-electron chi connectivity index (χ0n) is 27.3. The SMILES string of the molecule is Cc1cccc(-c2ccc3ccccc3c2)c1N(c1ccc(-c2ccccc2)cc1)c1ccc2c3ccccc3n(-c3ccccc3)c2c1. The van der Waals surface area contributed by atoms with E-state index in [1.54, 1.807) is 0 Å². The molecule has 0 atom stereocenters. The number of fused-ring (bicyclic) bond motifs is 4. The molecule has 2 nitrogen and oxygen atoms in total. The highest BCUT2D eigenvalue weighted by atomic mass is 15.1. The lowest BCUT2D eigenvalue weighted by Crippen LogP contribution is -2.13. The Balaban J connectivity index is 1.30. The molecule has 0 amide bonds. The number of rotatable bonds is 6. The molecule has 0 aliphatic heterocycles. The van der Waals surface area contributed by atoms with E-state index in [-0.39, 0.29) is 0 Å². The summed E-state index contributed by atoms with van der Waals surface area (Å²) in [6.07, 6.45) is 0.